The number of aliphatic carboxylic acids is 1. The highest BCUT2D eigenvalue weighted by atomic mass is 32.1. The lowest BCUT2D eigenvalue weighted by atomic mass is 10.0. The molecule has 5 nitrogen and oxygen atoms in total. The number of carbonyl (C=O) groups is 3. The highest BCUT2D eigenvalue weighted by Gasteiger charge is 2.23. The first kappa shape index (κ1) is 17.4. The van der Waals surface area contributed by atoms with Crippen LogP contribution in [0.5, 0.6) is 0 Å². The highest BCUT2D eigenvalue weighted by molar-refractivity contribution is 7.12. The largest absolute Gasteiger partial charge is 0.480 e. The molecule has 0 radical (unpaired) electrons. The monoisotopic (exact) mass is 311 g/mol. The second-order valence-corrected chi connectivity index (χ2v) is 6.84. The Morgan fingerprint density at radius 2 is 1.86 bits per heavy atom. The van der Waals surface area contributed by atoms with Gasteiger partial charge in [-0.05, 0) is 25.8 Å². The van der Waals surface area contributed by atoms with Crippen LogP contribution in [0.25, 0.3) is 0 Å². The van der Waals surface area contributed by atoms with E-state index >= 15 is 0 Å². The Morgan fingerprint density at radius 3 is 2.29 bits per heavy atom. The lowest BCUT2D eigenvalue weighted by Gasteiger charge is -2.17. The van der Waals surface area contributed by atoms with Crippen LogP contribution in [0.3, 0.4) is 0 Å². The molecule has 1 heterocycles. The predicted octanol–water partition coefficient (Wildman–Crippen LogP) is 2.55. The molecule has 0 saturated heterocycles. The number of carboxylic acid groups (broad SMARTS) is 1. The minimum absolute atomic E-state index is 0.00364. The van der Waals surface area contributed by atoms with E-state index in [0.29, 0.717) is 5.56 Å². The van der Waals surface area contributed by atoms with Crippen LogP contribution in [0.2, 0.25) is 0 Å². The molecule has 116 valence electrons. The SMILES string of the molecule is Cc1cc(C(=O)CCC(=O)N[C@H](C(=O)O)C(C)C)c(C)s1. The number of rotatable bonds is 7. The Hall–Kier alpha value is -1.69. The molecule has 0 spiro atoms. The Balaban J connectivity index is 2.55. The van der Waals surface area contributed by atoms with Crippen molar-refractivity contribution in [2.45, 2.75) is 46.6 Å². The Bertz CT molecular complexity index is 548. The van der Waals surface area contributed by atoms with Gasteiger partial charge in [0.2, 0.25) is 5.91 Å². The van der Waals surface area contributed by atoms with Gasteiger partial charge < -0.3 is 10.4 Å². The van der Waals surface area contributed by atoms with E-state index in [9.17, 15) is 14.4 Å². The van der Waals surface area contributed by atoms with Crippen molar-refractivity contribution in [1.29, 1.82) is 0 Å². The van der Waals surface area contributed by atoms with Crippen LogP contribution in [-0.2, 0) is 9.59 Å². The first-order valence-corrected chi connectivity index (χ1v) is 7.66. The smallest absolute Gasteiger partial charge is 0.326 e. The van der Waals surface area contributed by atoms with Crippen LogP contribution >= 0.6 is 11.3 Å². The number of thiophene rings is 1. The number of carboxylic acids is 1. The molecule has 1 rings (SSSR count). The second-order valence-electron chi connectivity index (χ2n) is 5.38. The number of hydrogen-bond acceptors (Lipinski definition) is 4. The van der Waals surface area contributed by atoms with Gasteiger partial charge in [0.1, 0.15) is 6.04 Å². The number of amides is 1. The van der Waals surface area contributed by atoms with Crippen molar-refractivity contribution >= 4 is 29.0 Å². The first-order chi connectivity index (χ1) is 9.72. The van der Waals surface area contributed by atoms with Gasteiger partial charge in [-0.25, -0.2) is 4.79 Å². The molecule has 0 fully saturated rings. The molecule has 0 aliphatic rings. The molecule has 1 aromatic heterocycles. The van der Waals surface area contributed by atoms with Crippen molar-refractivity contribution in [3.63, 3.8) is 0 Å². The molecular formula is C15H21NO4S. The second kappa shape index (κ2) is 7.36. The average Bonchev–Trinajstić information content (AvgIpc) is 2.71. The number of hydrogen-bond donors (Lipinski definition) is 2. The average molecular weight is 311 g/mol. The maximum atomic E-state index is 12.0. The summed E-state index contributed by atoms with van der Waals surface area (Å²) in [6.07, 6.45) is 0.0942. The first-order valence-electron chi connectivity index (χ1n) is 6.84. The van der Waals surface area contributed by atoms with Gasteiger partial charge in [-0.2, -0.15) is 0 Å². The summed E-state index contributed by atoms with van der Waals surface area (Å²) in [5.41, 5.74) is 0.656. The lowest BCUT2D eigenvalue weighted by molar-refractivity contribution is -0.143. The zero-order valence-corrected chi connectivity index (χ0v) is 13.5. The van der Waals surface area contributed by atoms with E-state index in [1.54, 1.807) is 25.2 Å². The van der Waals surface area contributed by atoms with E-state index in [-0.39, 0.29) is 24.5 Å². The van der Waals surface area contributed by atoms with E-state index in [1.807, 2.05) is 19.9 Å². The van der Waals surface area contributed by atoms with Gasteiger partial charge in [0.15, 0.2) is 5.78 Å². The van der Waals surface area contributed by atoms with E-state index < -0.39 is 17.9 Å². The number of aryl methyl sites for hydroxylation is 2. The summed E-state index contributed by atoms with van der Waals surface area (Å²) in [6, 6.07) is 0.909. The molecule has 2 N–H and O–H groups in total. The highest BCUT2D eigenvalue weighted by Crippen LogP contribution is 2.22. The van der Waals surface area contributed by atoms with E-state index in [1.165, 1.54) is 0 Å². The molecule has 0 aliphatic heterocycles. The van der Waals surface area contributed by atoms with Crippen molar-refractivity contribution < 1.29 is 19.5 Å². The molecule has 0 saturated carbocycles. The molecule has 21 heavy (non-hydrogen) atoms. The van der Waals surface area contributed by atoms with Crippen molar-refractivity contribution in [3.05, 3.63) is 21.4 Å². The van der Waals surface area contributed by atoms with Crippen LogP contribution in [0.4, 0.5) is 0 Å². The third kappa shape index (κ3) is 4.97. The van der Waals surface area contributed by atoms with Crippen LogP contribution < -0.4 is 5.32 Å². The van der Waals surface area contributed by atoms with Gasteiger partial charge in [0.25, 0.3) is 0 Å². The fourth-order valence-electron chi connectivity index (χ4n) is 2.03. The molecule has 1 amide bonds. The Morgan fingerprint density at radius 1 is 1.24 bits per heavy atom. The van der Waals surface area contributed by atoms with Gasteiger partial charge in [0.05, 0.1) is 0 Å². The number of Topliss-reactive ketones (excluding diaryl/α,β-unsaturated/α-hetero) is 1. The van der Waals surface area contributed by atoms with E-state index in [0.717, 1.165) is 9.75 Å². The summed E-state index contributed by atoms with van der Waals surface area (Å²) >= 11 is 1.55. The fourth-order valence-corrected chi connectivity index (χ4v) is 2.97. The maximum Gasteiger partial charge on any atom is 0.326 e. The van der Waals surface area contributed by atoms with Crippen LogP contribution in [0.1, 0.15) is 46.8 Å². The summed E-state index contributed by atoms with van der Waals surface area (Å²) in [5, 5.41) is 11.5. The molecule has 0 unspecified atom stereocenters. The molecule has 1 atom stereocenters. The summed E-state index contributed by atoms with van der Waals surface area (Å²) in [5.74, 6) is -1.75. The standard InChI is InChI=1S/C15H21NO4S/c1-8(2)14(15(19)20)16-13(18)6-5-12(17)11-7-9(3)21-10(11)4/h7-8,14H,5-6H2,1-4H3,(H,16,18)(H,19,20)/t14-/m0/s1. The van der Waals surface area contributed by atoms with Crippen molar-refractivity contribution in [2.24, 2.45) is 5.92 Å². The summed E-state index contributed by atoms with van der Waals surface area (Å²) in [4.78, 5) is 36.8. The molecule has 0 aliphatic carbocycles. The third-order valence-electron chi connectivity index (χ3n) is 3.17. The van der Waals surface area contributed by atoms with Crippen LogP contribution in [0.15, 0.2) is 6.07 Å². The minimum atomic E-state index is -1.06. The zero-order valence-electron chi connectivity index (χ0n) is 12.7. The van der Waals surface area contributed by atoms with Crippen LogP contribution in [0, 0.1) is 19.8 Å². The molecular weight excluding hydrogens is 290 g/mol. The molecule has 1 aromatic rings. The third-order valence-corrected chi connectivity index (χ3v) is 4.14. The topological polar surface area (TPSA) is 83.5 Å². The number of ketones is 1. The number of carbonyl (C=O) groups excluding carboxylic acids is 2. The lowest BCUT2D eigenvalue weighted by Crippen LogP contribution is -2.44. The fraction of sp³-hybridized carbons (Fsp3) is 0.533. The van der Waals surface area contributed by atoms with Gasteiger partial charge in [0, 0.05) is 28.2 Å². The van der Waals surface area contributed by atoms with Gasteiger partial charge in [-0.15, -0.1) is 11.3 Å². The normalized spacial score (nSPS) is 12.2. The number of nitrogens with one attached hydrogen (secondary N) is 1. The maximum absolute atomic E-state index is 12.0. The van der Waals surface area contributed by atoms with Crippen molar-refractivity contribution in [3.8, 4) is 0 Å². The summed E-state index contributed by atoms with van der Waals surface area (Å²) in [6.45, 7) is 7.26. The summed E-state index contributed by atoms with van der Waals surface area (Å²) in [7, 11) is 0. The molecule has 6 heteroatoms. The molecule has 0 aromatic carbocycles. The van der Waals surface area contributed by atoms with Crippen LogP contribution in [-0.4, -0.2) is 28.8 Å². The predicted molar refractivity (Wildman–Crippen MR) is 81.8 cm³/mol. The van der Waals surface area contributed by atoms with Crippen molar-refractivity contribution in [2.75, 3.05) is 0 Å². The van der Waals surface area contributed by atoms with Gasteiger partial charge in [-0.3, -0.25) is 9.59 Å². The van der Waals surface area contributed by atoms with Gasteiger partial charge in [-0.1, -0.05) is 13.8 Å². The molecule has 0 bridgehead atoms. The van der Waals surface area contributed by atoms with E-state index in [4.69, 9.17) is 5.11 Å². The quantitative estimate of drug-likeness (QED) is 0.758. The van der Waals surface area contributed by atoms with E-state index in [2.05, 4.69) is 5.32 Å². The summed E-state index contributed by atoms with van der Waals surface area (Å²) < 4.78 is 0. The van der Waals surface area contributed by atoms with Crippen molar-refractivity contribution in [1.82, 2.24) is 5.32 Å². The minimum Gasteiger partial charge on any atom is -0.480 e. The Kier molecular flexibility index (Phi) is 6.08. The Labute approximate surface area is 128 Å². The zero-order chi connectivity index (χ0) is 16.2. The van der Waals surface area contributed by atoms with Gasteiger partial charge >= 0.3 is 5.97 Å².